The molecule has 2 heterocycles. The van der Waals surface area contributed by atoms with E-state index in [0.717, 1.165) is 16.7 Å². The van der Waals surface area contributed by atoms with Crippen LogP contribution in [0.25, 0.3) is 11.1 Å². The standard InChI is InChI=1S/C28H25N3O4/c1-18-7-3-4-8-23(18)19-11-13-20(14-12-19)26(32)30-16-21(29-35-2)15-22(30)17-31-27(33)24-9-5-6-10-25(24)28(31)34/h3-14,22H,15-17H2,1-2H3. The molecule has 3 amide bonds. The lowest BCUT2D eigenvalue weighted by Crippen LogP contribution is -2.45. The van der Waals surface area contributed by atoms with Crippen LogP contribution >= 0.6 is 0 Å². The molecule has 3 aromatic rings. The summed E-state index contributed by atoms with van der Waals surface area (Å²) in [5.74, 6) is -0.848. The molecule has 0 aliphatic carbocycles. The number of hydrogen-bond donors (Lipinski definition) is 0. The van der Waals surface area contributed by atoms with Crippen molar-refractivity contribution in [2.75, 3.05) is 20.2 Å². The third kappa shape index (κ3) is 4.10. The zero-order chi connectivity index (χ0) is 24.5. The van der Waals surface area contributed by atoms with Gasteiger partial charge in [0, 0.05) is 12.0 Å². The zero-order valence-corrected chi connectivity index (χ0v) is 19.6. The number of aryl methyl sites for hydroxylation is 1. The van der Waals surface area contributed by atoms with Crippen LogP contribution in [-0.2, 0) is 4.84 Å². The molecule has 0 spiro atoms. The highest BCUT2D eigenvalue weighted by Crippen LogP contribution is 2.28. The van der Waals surface area contributed by atoms with Gasteiger partial charge in [-0.05, 0) is 47.9 Å². The SMILES string of the molecule is CON=C1CC(CN2C(=O)c3ccccc3C2=O)N(C(=O)c2ccc(-c3ccccc3C)cc2)C1. The molecule has 3 aromatic carbocycles. The monoisotopic (exact) mass is 467 g/mol. The van der Waals surface area contributed by atoms with Crippen molar-refractivity contribution < 1.29 is 19.2 Å². The van der Waals surface area contributed by atoms with Crippen LogP contribution in [0.15, 0.2) is 78.0 Å². The molecule has 1 atom stereocenters. The summed E-state index contributed by atoms with van der Waals surface area (Å²) in [6.45, 7) is 2.43. The van der Waals surface area contributed by atoms with Gasteiger partial charge in [-0.3, -0.25) is 19.3 Å². The van der Waals surface area contributed by atoms with Gasteiger partial charge in [-0.2, -0.15) is 0 Å². The van der Waals surface area contributed by atoms with Crippen molar-refractivity contribution in [3.05, 3.63) is 95.1 Å². The van der Waals surface area contributed by atoms with Crippen LogP contribution in [-0.4, -0.2) is 59.5 Å². The number of amides is 3. The summed E-state index contributed by atoms with van der Waals surface area (Å²) in [6, 6.07) is 22.0. The van der Waals surface area contributed by atoms with Gasteiger partial charge in [0.25, 0.3) is 17.7 Å². The number of fused-ring (bicyclic) bond motifs is 1. The Labute approximate surface area is 203 Å². The number of carbonyl (C=O) groups is 3. The van der Waals surface area contributed by atoms with E-state index in [1.54, 1.807) is 29.2 Å². The van der Waals surface area contributed by atoms with E-state index in [2.05, 4.69) is 24.2 Å². The van der Waals surface area contributed by atoms with Gasteiger partial charge in [0.05, 0.1) is 36.0 Å². The molecular formula is C28H25N3O4. The second-order valence-electron chi connectivity index (χ2n) is 8.79. The molecule has 1 unspecified atom stereocenters. The second-order valence-corrected chi connectivity index (χ2v) is 8.79. The Kier molecular flexibility index (Phi) is 5.91. The largest absolute Gasteiger partial charge is 0.399 e. The van der Waals surface area contributed by atoms with E-state index in [9.17, 15) is 14.4 Å². The number of benzene rings is 3. The first kappa shape index (κ1) is 22.5. The van der Waals surface area contributed by atoms with Gasteiger partial charge in [-0.15, -0.1) is 0 Å². The van der Waals surface area contributed by atoms with Crippen molar-refractivity contribution in [3.63, 3.8) is 0 Å². The van der Waals surface area contributed by atoms with Crippen LogP contribution in [0.1, 0.15) is 43.1 Å². The van der Waals surface area contributed by atoms with Gasteiger partial charge in [0.2, 0.25) is 0 Å². The van der Waals surface area contributed by atoms with Crippen molar-refractivity contribution >= 4 is 23.4 Å². The molecule has 1 saturated heterocycles. The number of likely N-dealkylation sites (tertiary alicyclic amines) is 1. The summed E-state index contributed by atoms with van der Waals surface area (Å²) in [7, 11) is 1.46. The summed E-state index contributed by atoms with van der Waals surface area (Å²) in [4.78, 5) is 47.2. The van der Waals surface area contributed by atoms with Crippen molar-refractivity contribution in [3.8, 4) is 11.1 Å². The maximum Gasteiger partial charge on any atom is 0.261 e. The van der Waals surface area contributed by atoms with E-state index in [-0.39, 0.29) is 30.8 Å². The summed E-state index contributed by atoms with van der Waals surface area (Å²) in [5.41, 5.74) is 5.33. The Morgan fingerprint density at radius 1 is 0.914 bits per heavy atom. The summed E-state index contributed by atoms with van der Waals surface area (Å²) in [6.07, 6.45) is 0.425. The van der Waals surface area contributed by atoms with E-state index >= 15 is 0 Å². The first-order valence-electron chi connectivity index (χ1n) is 11.5. The van der Waals surface area contributed by atoms with Gasteiger partial charge in [0.1, 0.15) is 7.11 Å². The maximum absolute atomic E-state index is 13.5. The van der Waals surface area contributed by atoms with Crippen LogP contribution in [0.3, 0.4) is 0 Å². The minimum absolute atomic E-state index is 0.0993. The van der Waals surface area contributed by atoms with E-state index in [4.69, 9.17) is 4.84 Å². The number of rotatable bonds is 5. The van der Waals surface area contributed by atoms with E-state index in [1.165, 1.54) is 12.0 Å². The van der Waals surface area contributed by atoms with Crippen LogP contribution < -0.4 is 0 Å². The molecule has 7 heteroatoms. The van der Waals surface area contributed by atoms with Crippen molar-refractivity contribution in [1.29, 1.82) is 0 Å². The molecule has 176 valence electrons. The van der Waals surface area contributed by atoms with E-state index in [1.807, 2.05) is 36.4 Å². The fraction of sp³-hybridized carbons (Fsp3) is 0.214. The highest BCUT2D eigenvalue weighted by atomic mass is 16.6. The van der Waals surface area contributed by atoms with Crippen molar-refractivity contribution in [1.82, 2.24) is 9.80 Å². The number of nitrogens with zero attached hydrogens (tertiary/aromatic N) is 3. The van der Waals surface area contributed by atoms with Gasteiger partial charge in [-0.25, -0.2) is 0 Å². The number of imide groups is 1. The minimum Gasteiger partial charge on any atom is -0.399 e. The Morgan fingerprint density at radius 3 is 2.11 bits per heavy atom. The second kappa shape index (κ2) is 9.18. The zero-order valence-electron chi connectivity index (χ0n) is 19.6. The summed E-state index contributed by atoms with van der Waals surface area (Å²) < 4.78 is 0. The van der Waals surface area contributed by atoms with Gasteiger partial charge >= 0.3 is 0 Å². The van der Waals surface area contributed by atoms with Crippen molar-refractivity contribution in [2.45, 2.75) is 19.4 Å². The third-order valence-corrected chi connectivity index (χ3v) is 6.61. The minimum atomic E-state index is -0.394. The number of oxime groups is 1. The molecule has 0 radical (unpaired) electrons. The van der Waals surface area contributed by atoms with Crippen molar-refractivity contribution in [2.24, 2.45) is 5.16 Å². The fourth-order valence-electron chi connectivity index (χ4n) is 4.84. The van der Waals surface area contributed by atoms with Gasteiger partial charge in [-0.1, -0.05) is 53.7 Å². The highest BCUT2D eigenvalue weighted by molar-refractivity contribution is 6.21. The summed E-state index contributed by atoms with van der Waals surface area (Å²) >= 11 is 0. The smallest absolute Gasteiger partial charge is 0.261 e. The molecule has 0 saturated carbocycles. The molecule has 1 fully saturated rings. The molecule has 7 nitrogen and oxygen atoms in total. The van der Waals surface area contributed by atoms with Crippen LogP contribution in [0.5, 0.6) is 0 Å². The van der Waals surface area contributed by atoms with Gasteiger partial charge < -0.3 is 9.74 Å². The number of carbonyl (C=O) groups excluding carboxylic acids is 3. The summed E-state index contributed by atoms with van der Waals surface area (Å²) in [5, 5.41) is 4.05. The molecular weight excluding hydrogens is 442 g/mol. The first-order chi connectivity index (χ1) is 17.0. The average Bonchev–Trinajstić information content (AvgIpc) is 3.39. The molecule has 2 aliphatic rings. The Hall–Kier alpha value is -4.26. The predicted octanol–water partition coefficient (Wildman–Crippen LogP) is 4.18. The molecule has 35 heavy (non-hydrogen) atoms. The topological polar surface area (TPSA) is 79.3 Å². The van der Waals surface area contributed by atoms with Crippen LogP contribution in [0, 0.1) is 6.92 Å². The normalized spacial score (nSPS) is 18.3. The lowest BCUT2D eigenvalue weighted by molar-refractivity contribution is 0.0562. The molecule has 0 N–H and O–H groups in total. The highest BCUT2D eigenvalue weighted by Gasteiger charge is 2.41. The fourth-order valence-corrected chi connectivity index (χ4v) is 4.84. The maximum atomic E-state index is 13.5. The third-order valence-electron chi connectivity index (χ3n) is 6.61. The van der Waals surface area contributed by atoms with E-state index < -0.39 is 6.04 Å². The molecule has 0 aromatic heterocycles. The van der Waals surface area contributed by atoms with Gasteiger partial charge in [0.15, 0.2) is 0 Å². The Morgan fingerprint density at radius 2 is 1.51 bits per heavy atom. The lowest BCUT2D eigenvalue weighted by atomic mass is 9.99. The Bertz CT molecular complexity index is 1310. The molecule has 5 rings (SSSR count). The van der Waals surface area contributed by atoms with Crippen LogP contribution in [0.4, 0.5) is 0 Å². The predicted molar refractivity (Wildman–Crippen MR) is 132 cm³/mol. The quantitative estimate of drug-likeness (QED) is 0.417. The average molecular weight is 468 g/mol. The lowest BCUT2D eigenvalue weighted by Gasteiger charge is -2.27. The molecule has 0 bridgehead atoms. The first-order valence-corrected chi connectivity index (χ1v) is 11.5. The number of hydrogen-bond acceptors (Lipinski definition) is 5. The Balaban J connectivity index is 1.39. The molecule has 2 aliphatic heterocycles. The van der Waals surface area contributed by atoms with E-state index in [0.29, 0.717) is 28.8 Å². The van der Waals surface area contributed by atoms with Crippen LogP contribution in [0.2, 0.25) is 0 Å².